The molecule has 0 saturated carbocycles. The first-order chi connectivity index (χ1) is 9.41. The molecule has 1 aromatic rings. The summed E-state index contributed by atoms with van der Waals surface area (Å²) in [6.45, 7) is 0.210. The number of carboxylic acids is 1. The van der Waals surface area contributed by atoms with E-state index < -0.39 is 27.9 Å². The summed E-state index contributed by atoms with van der Waals surface area (Å²) in [6.07, 6.45) is 1.72. The molecular weight excluding hydrogens is 307 g/mol. The van der Waals surface area contributed by atoms with Gasteiger partial charge < -0.3 is 5.11 Å². The zero-order chi connectivity index (χ0) is 14.8. The maximum absolute atomic E-state index is 13.1. The number of carboxylic acid groups (broad SMARTS) is 1. The second-order valence-electron chi connectivity index (χ2n) is 4.28. The molecule has 1 saturated heterocycles. The molecule has 6 nitrogen and oxygen atoms in total. The quantitative estimate of drug-likeness (QED) is 0.883. The van der Waals surface area contributed by atoms with E-state index in [1.807, 2.05) is 0 Å². The third kappa shape index (κ3) is 3.28. The van der Waals surface area contributed by atoms with Crippen molar-refractivity contribution in [1.82, 2.24) is 9.29 Å². The van der Waals surface area contributed by atoms with Gasteiger partial charge in [-0.2, -0.15) is 16.1 Å². The number of aromatic nitrogens is 1. The van der Waals surface area contributed by atoms with Gasteiger partial charge in [0.05, 0.1) is 12.6 Å². The first-order valence-corrected chi connectivity index (χ1v) is 8.42. The molecular formula is C11H13FN2O4S2. The molecule has 0 bridgehead atoms. The van der Waals surface area contributed by atoms with E-state index in [1.54, 1.807) is 0 Å². The monoisotopic (exact) mass is 320 g/mol. The summed E-state index contributed by atoms with van der Waals surface area (Å²) in [7, 11) is -3.93. The molecule has 1 N–H and O–H groups in total. The molecule has 0 amide bonds. The van der Waals surface area contributed by atoms with E-state index >= 15 is 0 Å². The number of halogens is 1. The fourth-order valence-corrected chi connectivity index (χ4v) is 4.86. The van der Waals surface area contributed by atoms with E-state index in [1.165, 1.54) is 11.8 Å². The summed E-state index contributed by atoms with van der Waals surface area (Å²) >= 11 is 1.50. The number of sulfonamides is 1. The highest BCUT2D eigenvalue weighted by Gasteiger charge is 2.35. The summed E-state index contributed by atoms with van der Waals surface area (Å²) in [5.74, 6) is -0.811. The third-order valence-corrected chi connectivity index (χ3v) is 5.88. The fourth-order valence-electron chi connectivity index (χ4n) is 1.99. The number of thioether (sulfide) groups is 1. The molecule has 1 aliphatic rings. The van der Waals surface area contributed by atoms with Crippen molar-refractivity contribution in [1.29, 1.82) is 0 Å². The van der Waals surface area contributed by atoms with Gasteiger partial charge in [0, 0.05) is 30.3 Å². The topological polar surface area (TPSA) is 87.6 Å². The molecule has 0 radical (unpaired) electrons. The highest BCUT2D eigenvalue weighted by molar-refractivity contribution is 7.99. The highest BCUT2D eigenvalue weighted by Crippen LogP contribution is 2.26. The van der Waals surface area contributed by atoms with Crippen LogP contribution in [0, 0.1) is 5.82 Å². The van der Waals surface area contributed by atoms with Crippen molar-refractivity contribution in [2.45, 2.75) is 17.4 Å². The molecule has 1 fully saturated rings. The van der Waals surface area contributed by atoms with E-state index in [9.17, 15) is 17.6 Å². The van der Waals surface area contributed by atoms with Gasteiger partial charge in [0.1, 0.15) is 10.7 Å². The van der Waals surface area contributed by atoms with Crippen LogP contribution in [0.4, 0.5) is 4.39 Å². The lowest BCUT2D eigenvalue weighted by Crippen LogP contribution is -2.47. The second kappa shape index (κ2) is 6.06. The summed E-state index contributed by atoms with van der Waals surface area (Å²) in [5, 5.41) is 8.86. The summed E-state index contributed by atoms with van der Waals surface area (Å²) < 4.78 is 39.2. The average Bonchev–Trinajstić information content (AvgIpc) is 2.38. The number of hydrogen-bond donors (Lipinski definition) is 1. The van der Waals surface area contributed by atoms with E-state index in [-0.39, 0.29) is 17.9 Å². The SMILES string of the molecule is O=C(O)CC1CSCCN1S(=O)(=O)c1cncc(F)c1. The van der Waals surface area contributed by atoms with Crippen LogP contribution in [0.5, 0.6) is 0 Å². The lowest BCUT2D eigenvalue weighted by molar-refractivity contribution is -0.137. The van der Waals surface area contributed by atoms with Crippen LogP contribution in [-0.4, -0.2) is 52.9 Å². The van der Waals surface area contributed by atoms with Gasteiger partial charge in [0.2, 0.25) is 10.0 Å². The van der Waals surface area contributed by atoms with Crippen LogP contribution in [0.25, 0.3) is 0 Å². The van der Waals surface area contributed by atoms with Crippen LogP contribution in [-0.2, 0) is 14.8 Å². The molecule has 0 aliphatic carbocycles. The fraction of sp³-hybridized carbons (Fsp3) is 0.455. The number of nitrogens with zero attached hydrogens (tertiary/aromatic N) is 2. The standard InChI is InChI=1S/C11H13FN2O4S2/c12-8-3-10(6-13-5-8)20(17,18)14-1-2-19-7-9(14)4-11(15)16/h3,5-6,9H,1-2,4,7H2,(H,15,16). The van der Waals surface area contributed by atoms with E-state index in [4.69, 9.17) is 5.11 Å². The van der Waals surface area contributed by atoms with Crippen molar-refractivity contribution in [2.24, 2.45) is 0 Å². The van der Waals surface area contributed by atoms with E-state index in [0.717, 1.165) is 22.8 Å². The van der Waals surface area contributed by atoms with Crippen LogP contribution < -0.4 is 0 Å². The Hall–Kier alpha value is -1.19. The van der Waals surface area contributed by atoms with E-state index in [2.05, 4.69) is 4.98 Å². The van der Waals surface area contributed by atoms with Crippen LogP contribution in [0.2, 0.25) is 0 Å². The Morgan fingerprint density at radius 3 is 2.95 bits per heavy atom. The molecule has 9 heteroatoms. The van der Waals surface area contributed by atoms with Crippen LogP contribution in [0.15, 0.2) is 23.4 Å². The molecule has 2 rings (SSSR count). The Labute approximate surface area is 120 Å². The van der Waals surface area contributed by atoms with Gasteiger partial charge in [-0.05, 0) is 6.07 Å². The van der Waals surface area contributed by atoms with Crippen molar-refractivity contribution in [3.63, 3.8) is 0 Å². The maximum atomic E-state index is 13.1. The Bertz CT molecular complexity index is 608. The summed E-state index contributed by atoms with van der Waals surface area (Å²) in [4.78, 5) is 14.1. The molecule has 1 unspecified atom stereocenters. The maximum Gasteiger partial charge on any atom is 0.305 e. The van der Waals surface area contributed by atoms with Crippen molar-refractivity contribution >= 4 is 27.8 Å². The van der Waals surface area contributed by atoms with Gasteiger partial charge in [-0.25, -0.2) is 12.8 Å². The van der Waals surface area contributed by atoms with Crippen molar-refractivity contribution in [3.8, 4) is 0 Å². The Balaban J connectivity index is 2.33. The predicted molar refractivity (Wildman–Crippen MR) is 71.5 cm³/mol. The minimum Gasteiger partial charge on any atom is -0.481 e. The summed E-state index contributed by atoms with van der Waals surface area (Å²) in [5.41, 5.74) is 0. The van der Waals surface area contributed by atoms with Crippen LogP contribution >= 0.6 is 11.8 Å². The molecule has 20 heavy (non-hydrogen) atoms. The number of carbonyl (C=O) groups is 1. The molecule has 1 atom stereocenters. The highest BCUT2D eigenvalue weighted by atomic mass is 32.2. The Morgan fingerprint density at radius 1 is 1.55 bits per heavy atom. The number of hydrogen-bond acceptors (Lipinski definition) is 5. The number of pyridine rings is 1. The van der Waals surface area contributed by atoms with E-state index in [0.29, 0.717) is 11.5 Å². The van der Waals surface area contributed by atoms with Crippen molar-refractivity contribution in [3.05, 3.63) is 24.3 Å². The minimum atomic E-state index is -3.93. The lowest BCUT2D eigenvalue weighted by Gasteiger charge is -2.33. The van der Waals surface area contributed by atoms with Crippen molar-refractivity contribution in [2.75, 3.05) is 18.1 Å². The third-order valence-electron chi connectivity index (χ3n) is 2.87. The first kappa shape index (κ1) is 15.2. The molecule has 2 heterocycles. The second-order valence-corrected chi connectivity index (χ2v) is 7.32. The van der Waals surface area contributed by atoms with Gasteiger partial charge in [0.15, 0.2) is 0 Å². The first-order valence-electron chi connectivity index (χ1n) is 5.83. The van der Waals surface area contributed by atoms with Crippen LogP contribution in [0.1, 0.15) is 6.42 Å². The number of rotatable bonds is 4. The molecule has 0 aromatic carbocycles. The molecule has 1 aliphatic heterocycles. The molecule has 110 valence electrons. The Morgan fingerprint density at radius 2 is 2.30 bits per heavy atom. The smallest absolute Gasteiger partial charge is 0.305 e. The van der Waals surface area contributed by atoms with Gasteiger partial charge >= 0.3 is 5.97 Å². The largest absolute Gasteiger partial charge is 0.481 e. The minimum absolute atomic E-state index is 0.210. The predicted octanol–water partition coefficient (Wildman–Crippen LogP) is 0.802. The average molecular weight is 320 g/mol. The van der Waals surface area contributed by atoms with Gasteiger partial charge in [0.25, 0.3) is 0 Å². The zero-order valence-electron chi connectivity index (χ0n) is 10.4. The van der Waals surface area contributed by atoms with Crippen molar-refractivity contribution < 1.29 is 22.7 Å². The normalized spacial score (nSPS) is 20.8. The zero-order valence-corrected chi connectivity index (χ0v) is 12.0. The van der Waals surface area contributed by atoms with Gasteiger partial charge in [-0.3, -0.25) is 9.78 Å². The molecule has 0 spiro atoms. The Kier molecular flexibility index (Phi) is 4.61. The molecule has 1 aromatic heterocycles. The van der Waals surface area contributed by atoms with Gasteiger partial charge in [-0.15, -0.1) is 0 Å². The van der Waals surface area contributed by atoms with Gasteiger partial charge in [-0.1, -0.05) is 0 Å². The lowest BCUT2D eigenvalue weighted by atomic mass is 10.2. The van der Waals surface area contributed by atoms with Crippen LogP contribution in [0.3, 0.4) is 0 Å². The summed E-state index contributed by atoms with van der Waals surface area (Å²) in [6, 6.07) is 0.265. The number of aliphatic carboxylic acids is 1.